The van der Waals surface area contributed by atoms with Crippen molar-refractivity contribution in [3.63, 3.8) is 0 Å². The fraction of sp³-hybridized carbons (Fsp3) is 0.300. The standard InChI is InChI=1S/C20H21Cl2N3O3S/c1-3-4-9-29(27,28)25-20(26)16-8-6-14(18-19(16)24-12(2)23-18)10-13-5-7-15(21)11-17(13)22/h5-8,11H,3-4,9-10H2,1-2H3,(H,23,24)(H,25,26). The molecule has 3 rings (SSSR count). The van der Waals surface area contributed by atoms with E-state index in [0.29, 0.717) is 39.7 Å². The minimum atomic E-state index is -3.69. The van der Waals surface area contributed by atoms with Gasteiger partial charge in [-0.3, -0.25) is 4.79 Å². The van der Waals surface area contributed by atoms with Crippen LogP contribution in [0.5, 0.6) is 0 Å². The van der Waals surface area contributed by atoms with E-state index in [9.17, 15) is 13.2 Å². The number of sulfonamides is 1. The van der Waals surface area contributed by atoms with Crippen LogP contribution in [0.3, 0.4) is 0 Å². The number of unbranched alkanes of at least 4 members (excludes halogenated alkanes) is 1. The largest absolute Gasteiger partial charge is 0.342 e. The summed E-state index contributed by atoms with van der Waals surface area (Å²) in [6.45, 7) is 3.67. The quantitative estimate of drug-likeness (QED) is 0.545. The number of imidazole rings is 1. The number of carbonyl (C=O) groups excluding carboxylic acids is 1. The van der Waals surface area contributed by atoms with Crippen LogP contribution in [0.1, 0.15) is 47.1 Å². The van der Waals surface area contributed by atoms with E-state index >= 15 is 0 Å². The molecule has 1 aromatic heterocycles. The molecule has 1 heterocycles. The first kappa shape index (κ1) is 21.6. The van der Waals surface area contributed by atoms with Crippen LogP contribution in [-0.4, -0.2) is 30.0 Å². The zero-order chi connectivity index (χ0) is 21.2. The van der Waals surface area contributed by atoms with Crippen molar-refractivity contribution in [1.82, 2.24) is 14.7 Å². The lowest BCUT2D eigenvalue weighted by Gasteiger charge is -2.10. The summed E-state index contributed by atoms with van der Waals surface area (Å²) < 4.78 is 26.4. The van der Waals surface area contributed by atoms with Gasteiger partial charge in [-0.15, -0.1) is 0 Å². The van der Waals surface area contributed by atoms with Crippen molar-refractivity contribution in [2.45, 2.75) is 33.1 Å². The minimum absolute atomic E-state index is 0.0897. The summed E-state index contributed by atoms with van der Waals surface area (Å²) in [4.78, 5) is 20.2. The Morgan fingerprint density at radius 2 is 1.90 bits per heavy atom. The number of nitrogens with one attached hydrogen (secondary N) is 2. The maximum absolute atomic E-state index is 12.6. The molecular formula is C20H21Cl2N3O3S. The Morgan fingerprint density at radius 1 is 1.17 bits per heavy atom. The van der Waals surface area contributed by atoms with Crippen molar-refractivity contribution in [2.24, 2.45) is 0 Å². The molecule has 0 radical (unpaired) electrons. The van der Waals surface area contributed by atoms with Gasteiger partial charge < -0.3 is 4.98 Å². The number of hydrogen-bond acceptors (Lipinski definition) is 4. The monoisotopic (exact) mass is 453 g/mol. The molecule has 0 aliphatic rings. The van der Waals surface area contributed by atoms with Crippen molar-refractivity contribution < 1.29 is 13.2 Å². The number of aromatic nitrogens is 2. The Hall–Kier alpha value is -2.09. The molecule has 0 saturated heterocycles. The Balaban J connectivity index is 1.96. The van der Waals surface area contributed by atoms with Crippen LogP contribution in [0.2, 0.25) is 10.0 Å². The summed E-state index contributed by atoms with van der Waals surface area (Å²) in [5.41, 5.74) is 3.06. The number of fused-ring (bicyclic) bond motifs is 1. The predicted octanol–water partition coefficient (Wildman–Crippen LogP) is 4.63. The van der Waals surface area contributed by atoms with Crippen LogP contribution in [0.15, 0.2) is 30.3 Å². The third kappa shape index (κ3) is 5.10. The number of halogens is 2. The number of rotatable bonds is 7. The molecule has 0 spiro atoms. The molecule has 0 atom stereocenters. The smallest absolute Gasteiger partial charge is 0.266 e. The van der Waals surface area contributed by atoms with Crippen LogP contribution in [0, 0.1) is 6.92 Å². The Labute approximate surface area is 179 Å². The van der Waals surface area contributed by atoms with E-state index in [1.807, 2.05) is 13.0 Å². The van der Waals surface area contributed by atoms with E-state index in [4.69, 9.17) is 23.2 Å². The number of carbonyl (C=O) groups is 1. The van der Waals surface area contributed by atoms with Gasteiger partial charge in [-0.2, -0.15) is 0 Å². The molecule has 0 fully saturated rings. The highest BCUT2D eigenvalue weighted by Crippen LogP contribution is 2.27. The van der Waals surface area contributed by atoms with E-state index in [2.05, 4.69) is 14.7 Å². The van der Waals surface area contributed by atoms with Crippen LogP contribution in [0.4, 0.5) is 0 Å². The van der Waals surface area contributed by atoms with Gasteiger partial charge in [0.25, 0.3) is 5.91 Å². The highest BCUT2D eigenvalue weighted by Gasteiger charge is 2.20. The lowest BCUT2D eigenvalue weighted by atomic mass is 10.0. The molecule has 2 N–H and O–H groups in total. The van der Waals surface area contributed by atoms with Gasteiger partial charge >= 0.3 is 0 Å². The molecule has 6 nitrogen and oxygen atoms in total. The van der Waals surface area contributed by atoms with Gasteiger partial charge in [-0.1, -0.05) is 48.7 Å². The number of aryl methyl sites for hydroxylation is 1. The van der Waals surface area contributed by atoms with Gasteiger partial charge in [-0.05, 0) is 42.7 Å². The third-order valence-electron chi connectivity index (χ3n) is 4.50. The fourth-order valence-corrected chi connectivity index (χ4v) is 4.69. The minimum Gasteiger partial charge on any atom is -0.342 e. The maximum atomic E-state index is 12.6. The second kappa shape index (κ2) is 8.73. The lowest BCUT2D eigenvalue weighted by Crippen LogP contribution is -2.32. The molecule has 3 aromatic rings. The molecule has 0 bridgehead atoms. The number of benzene rings is 2. The van der Waals surface area contributed by atoms with Gasteiger partial charge in [0.05, 0.1) is 22.3 Å². The molecule has 29 heavy (non-hydrogen) atoms. The van der Waals surface area contributed by atoms with E-state index in [1.165, 1.54) is 0 Å². The van der Waals surface area contributed by atoms with Crippen molar-refractivity contribution in [3.8, 4) is 0 Å². The van der Waals surface area contributed by atoms with Gasteiger partial charge in [0.15, 0.2) is 0 Å². The summed E-state index contributed by atoms with van der Waals surface area (Å²) in [6.07, 6.45) is 1.70. The van der Waals surface area contributed by atoms with Crippen molar-refractivity contribution in [3.05, 3.63) is 62.9 Å². The molecule has 2 aromatic carbocycles. The Bertz CT molecular complexity index is 1170. The lowest BCUT2D eigenvalue weighted by molar-refractivity contribution is 0.0983. The first-order chi connectivity index (χ1) is 13.7. The van der Waals surface area contributed by atoms with Crippen LogP contribution >= 0.6 is 23.2 Å². The van der Waals surface area contributed by atoms with E-state index in [0.717, 1.165) is 17.5 Å². The molecule has 0 aliphatic carbocycles. The highest BCUT2D eigenvalue weighted by atomic mass is 35.5. The van der Waals surface area contributed by atoms with E-state index < -0.39 is 15.9 Å². The second-order valence-corrected chi connectivity index (χ2v) is 9.52. The molecular weight excluding hydrogens is 433 g/mol. The summed E-state index contributed by atoms with van der Waals surface area (Å²) >= 11 is 12.3. The Kier molecular flexibility index (Phi) is 6.51. The van der Waals surface area contributed by atoms with Gasteiger partial charge in [-0.25, -0.2) is 18.1 Å². The number of amides is 1. The number of nitrogens with zero attached hydrogens (tertiary/aromatic N) is 1. The molecule has 154 valence electrons. The van der Waals surface area contributed by atoms with E-state index in [1.54, 1.807) is 31.2 Å². The molecule has 0 saturated carbocycles. The Morgan fingerprint density at radius 3 is 2.59 bits per heavy atom. The topological polar surface area (TPSA) is 91.9 Å². The van der Waals surface area contributed by atoms with Crippen molar-refractivity contribution in [1.29, 1.82) is 0 Å². The fourth-order valence-electron chi connectivity index (χ4n) is 3.05. The van der Waals surface area contributed by atoms with Crippen molar-refractivity contribution in [2.75, 3.05) is 5.75 Å². The maximum Gasteiger partial charge on any atom is 0.266 e. The number of aromatic amines is 1. The third-order valence-corrected chi connectivity index (χ3v) is 6.41. The highest BCUT2D eigenvalue weighted by molar-refractivity contribution is 7.90. The number of hydrogen-bond donors (Lipinski definition) is 2. The van der Waals surface area contributed by atoms with Gasteiger partial charge in [0, 0.05) is 16.5 Å². The summed E-state index contributed by atoms with van der Waals surface area (Å²) in [5, 5.41) is 1.09. The normalized spacial score (nSPS) is 11.7. The van der Waals surface area contributed by atoms with Crippen LogP contribution in [0.25, 0.3) is 11.0 Å². The number of H-pyrrole nitrogens is 1. The summed E-state index contributed by atoms with van der Waals surface area (Å²) in [7, 11) is -3.69. The van der Waals surface area contributed by atoms with Gasteiger partial charge in [0.1, 0.15) is 5.82 Å². The molecule has 9 heteroatoms. The first-order valence-electron chi connectivity index (χ1n) is 9.17. The van der Waals surface area contributed by atoms with Crippen LogP contribution in [-0.2, 0) is 16.4 Å². The first-order valence-corrected chi connectivity index (χ1v) is 11.6. The SMILES string of the molecule is CCCCS(=O)(=O)NC(=O)c1ccc(Cc2ccc(Cl)cc2Cl)c2nc(C)[nH]c12. The predicted molar refractivity (Wildman–Crippen MR) is 116 cm³/mol. The van der Waals surface area contributed by atoms with E-state index in [-0.39, 0.29) is 11.3 Å². The zero-order valence-corrected chi connectivity index (χ0v) is 18.4. The average Bonchev–Trinajstić information content (AvgIpc) is 3.03. The molecule has 0 aliphatic heterocycles. The van der Waals surface area contributed by atoms with Crippen LogP contribution < -0.4 is 4.72 Å². The molecule has 1 amide bonds. The van der Waals surface area contributed by atoms with Crippen molar-refractivity contribution >= 4 is 50.2 Å². The van der Waals surface area contributed by atoms with Gasteiger partial charge in [0.2, 0.25) is 10.0 Å². The average molecular weight is 454 g/mol. The summed E-state index contributed by atoms with van der Waals surface area (Å²) in [6, 6.07) is 8.65. The second-order valence-electron chi connectivity index (χ2n) is 6.83. The summed E-state index contributed by atoms with van der Waals surface area (Å²) in [5.74, 6) is -0.142. The molecule has 0 unspecified atom stereocenters. The zero-order valence-electron chi connectivity index (χ0n) is 16.1.